The average Bonchev–Trinajstić information content (AvgIpc) is 2.58. The number of hydrogen-bond acceptors (Lipinski definition) is 6. The lowest BCUT2D eigenvalue weighted by molar-refractivity contribution is -0.162. The van der Waals surface area contributed by atoms with Gasteiger partial charge in [-0.1, -0.05) is 19.3 Å². The molecule has 0 bridgehead atoms. The van der Waals surface area contributed by atoms with E-state index in [9.17, 15) is 4.79 Å². The number of aliphatic hydroxyl groups is 1. The first-order valence-electron chi connectivity index (χ1n) is 8.90. The van der Waals surface area contributed by atoms with Crippen LogP contribution in [0.4, 0.5) is 0 Å². The molecule has 0 amide bonds. The summed E-state index contributed by atoms with van der Waals surface area (Å²) in [7, 11) is 0. The SMILES string of the molecule is CCOC(=O)C(CO)OCCCCCCCOC1CCCCO1. The molecule has 0 aromatic heterocycles. The molecule has 0 radical (unpaired) electrons. The van der Waals surface area contributed by atoms with Crippen molar-refractivity contribution in [1.29, 1.82) is 0 Å². The Hall–Kier alpha value is -0.690. The molecule has 6 heteroatoms. The Labute approximate surface area is 139 Å². The van der Waals surface area contributed by atoms with Gasteiger partial charge in [0.05, 0.1) is 13.2 Å². The number of esters is 1. The molecule has 23 heavy (non-hydrogen) atoms. The molecule has 1 rings (SSSR count). The molecule has 1 aliphatic heterocycles. The number of hydrogen-bond donors (Lipinski definition) is 1. The smallest absolute Gasteiger partial charge is 0.337 e. The fourth-order valence-electron chi connectivity index (χ4n) is 2.45. The number of ether oxygens (including phenoxy) is 4. The molecule has 6 nitrogen and oxygen atoms in total. The molecule has 0 spiro atoms. The lowest BCUT2D eigenvalue weighted by Gasteiger charge is -2.22. The van der Waals surface area contributed by atoms with Crippen molar-refractivity contribution in [3.05, 3.63) is 0 Å². The summed E-state index contributed by atoms with van der Waals surface area (Å²) in [5, 5.41) is 9.08. The standard InChI is InChI=1S/C17H32O6/c1-2-20-17(19)15(14-18)21-11-7-4-3-5-8-12-22-16-10-6-9-13-23-16/h15-16,18H,2-14H2,1H3. The third-order valence-electron chi connectivity index (χ3n) is 3.76. The van der Waals surface area contributed by atoms with Crippen molar-refractivity contribution in [1.82, 2.24) is 0 Å². The molecule has 1 N–H and O–H groups in total. The van der Waals surface area contributed by atoms with E-state index in [0.29, 0.717) is 13.2 Å². The van der Waals surface area contributed by atoms with Crippen LogP contribution in [0.15, 0.2) is 0 Å². The van der Waals surface area contributed by atoms with Crippen LogP contribution in [0.5, 0.6) is 0 Å². The van der Waals surface area contributed by atoms with Crippen LogP contribution >= 0.6 is 0 Å². The van der Waals surface area contributed by atoms with E-state index in [0.717, 1.165) is 58.2 Å². The molecular weight excluding hydrogens is 300 g/mol. The van der Waals surface area contributed by atoms with Crippen molar-refractivity contribution in [2.24, 2.45) is 0 Å². The molecule has 0 saturated carbocycles. The summed E-state index contributed by atoms with van der Waals surface area (Å²) < 4.78 is 21.4. The fraction of sp³-hybridized carbons (Fsp3) is 0.941. The second-order valence-corrected chi connectivity index (χ2v) is 5.73. The first-order chi connectivity index (χ1) is 11.3. The third-order valence-corrected chi connectivity index (χ3v) is 3.76. The van der Waals surface area contributed by atoms with Gasteiger partial charge in [-0.05, 0) is 39.0 Å². The highest BCUT2D eigenvalue weighted by Crippen LogP contribution is 2.14. The second-order valence-electron chi connectivity index (χ2n) is 5.73. The molecular formula is C17H32O6. The Morgan fingerprint density at radius 2 is 1.91 bits per heavy atom. The zero-order valence-corrected chi connectivity index (χ0v) is 14.3. The van der Waals surface area contributed by atoms with Crippen LogP contribution in [-0.2, 0) is 23.7 Å². The maximum Gasteiger partial charge on any atom is 0.337 e. The van der Waals surface area contributed by atoms with Gasteiger partial charge in [0.1, 0.15) is 0 Å². The monoisotopic (exact) mass is 332 g/mol. The molecule has 1 fully saturated rings. The van der Waals surface area contributed by atoms with Gasteiger partial charge in [-0.3, -0.25) is 0 Å². The van der Waals surface area contributed by atoms with Crippen LogP contribution in [0.25, 0.3) is 0 Å². The molecule has 2 atom stereocenters. The summed E-state index contributed by atoms with van der Waals surface area (Å²) in [6.07, 6.45) is 7.72. The number of carbonyl (C=O) groups is 1. The maximum atomic E-state index is 11.4. The van der Waals surface area contributed by atoms with E-state index < -0.39 is 12.1 Å². The van der Waals surface area contributed by atoms with E-state index in [4.69, 9.17) is 24.1 Å². The van der Waals surface area contributed by atoms with Gasteiger partial charge in [0, 0.05) is 19.8 Å². The van der Waals surface area contributed by atoms with Crippen molar-refractivity contribution >= 4 is 5.97 Å². The van der Waals surface area contributed by atoms with Gasteiger partial charge in [0.25, 0.3) is 0 Å². The Morgan fingerprint density at radius 3 is 2.57 bits per heavy atom. The lowest BCUT2D eigenvalue weighted by atomic mass is 10.1. The summed E-state index contributed by atoms with van der Waals surface area (Å²) in [5.74, 6) is -0.489. The molecule has 136 valence electrons. The van der Waals surface area contributed by atoms with E-state index in [2.05, 4.69) is 0 Å². The highest BCUT2D eigenvalue weighted by atomic mass is 16.7. The number of carbonyl (C=O) groups excluding carboxylic acids is 1. The van der Waals surface area contributed by atoms with Gasteiger partial charge in [0.15, 0.2) is 12.4 Å². The number of unbranched alkanes of at least 4 members (excludes halogenated alkanes) is 4. The zero-order valence-electron chi connectivity index (χ0n) is 14.3. The number of rotatable bonds is 13. The van der Waals surface area contributed by atoms with Crippen LogP contribution in [0.2, 0.25) is 0 Å². The molecule has 0 aliphatic carbocycles. The van der Waals surface area contributed by atoms with Crippen LogP contribution in [0.3, 0.4) is 0 Å². The van der Waals surface area contributed by atoms with Crippen LogP contribution in [-0.4, -0.2) is 56.5 Å². The first kappa shape index (κ1) is 20.4. The molecule has 1 aliphatic rings. The summed E-state index contributed by atoms with van der Waals surface area (Å²) in [5.41, 5.74) is 0. The molecule has 2 unspecified atom stereocenters. The molecule has 0 aromatic rings. The summed E-state index contributed by atoms with van der Waals surface area (Å²) in [6.45, 7) is 3.75. The molecule has 1 heterocycles. The van der Waals surface area contributed by atoms with Gasteiger partial charge in [-0.25, -0.2) is 4.79 Å². The maximum absolute atomic E-state index is 11.4. The van der Waals surface area contributed by atoms with Gasteiger partial charge >= 0.3 is 5.97 Å². The zero-order chi connectivity index (χ0) is 16.8. The highest BCUT2D eigenvalue weighted by molar-refractivity contribution is 5.74. The minimum Gasteiger partial charge on any atom is -0.464 e. The minimum absolute atomic E-state index is 0.00967. The second kappa shape index (κ2) is 13.7. The Bertz CT molecular complexity index is 291. The van der Waals surface area contributed by atoms with Crippen LogP contribution in [0, 0.1) is 0 Å². The van der Waals surface area contributed by atoms with Crippen molar-refractivity contribution in [3.8, 4) is 0 Å². The van der Waals surface area contributed by atoms with Crippen LogP contribution < -0.4 is 0 Å². The Morgan fingerprint density at radius 1 is 1.17 bits per heavy atom. The normalized spacial score (nSPS) is 19.5. The Balaban J connectivity index is 1.87. The van der Waals surface area contributed by atoms with Gasteiger partial charge < -0.3 is 24.1 Å². The van der Waals surface area contributed by atoms with Crippen molar-refractivity contribution < 1.29 is 28.8 Å². The molecule has 0 aromatic carbocycles. The quantitative estimate of drug-likeness (QED) is 0.412. The topological polar surface area (TPSA) is 74.2 Å². The minimum atomic E-state index is -0.848. The average molecular weight is 332 g/mol. The predicted molar refractivity (Wildman–Crippen MR) is 86.1 cm³/mol. The first-order valence-corrected chi connectivity index (χ1v) is 8.90. The van der Waals surface area contributed by atoms with Gasteiger partial charge in [-0.2, -0.15) is 0 Å². The lowest BCUT2D eigenvalue weighted by Crippen LogP contribution is -2.30. The van der Waals surface area contributed by atoms with E-state index in [1.807, 2.05) is 0 Å². The predicted octanol–water partition coefficient (Wildman–Crippen LogP) is 2.42. The van der Waals surface area contributed by atoms with Crippen molar-refractivity contribution in [2.75, 3.05) is 33.0 Å². The highest BCUT2D eigenvalue weighted by Gasteiger charge is 2.18. The fourth-order valence-corrected chi connectivity index (χ4v) is 2.45. The van der Waals surface area contributed by atoms with Gasteiger partial charge in [-0.15, -0.1) is 0 Å². The largest absolute Gasteiger partial charge is 0.464 e. The summed E-state index contributed by atoms with van der Waals surface area (Å²) in [4.78, 5) is 11.4. The molecule has 1 saturated heterocycles. The van der Waals surface area contributed by atoms with E-state index in [1.54, 1.807) is 6.92 Å². The summed E-state index contributed by atoms with van der Waals surface area (Å²) in [6, 6.07) is 0. The van der Waals surface area contributed by atoms with Gasteiger partial charge in [0.2, 0.25) is 0 Å². The van der Waals surface area contributed by atoms with E-state index in [-0.39, 0.29) is 12.9 Å². The summed E-state index contributed by atoms with van der Waals surface area (Å²) >= 11 is 0. The van der Waals surface area contributed by atoms with E-state index >= 15 is 0 Å². The van der Waals surface area contributed by atoms with E-state index in [1.165, 1.54) is 6.42 Å². The Kier molecular flexibility index (Phi) is 12.1. The van der Waals surface area contributed by atoms with Crippen LogP contribution in [0.1, 0.15) is 58.3 Å². The van der Waals surface area contributed by atoms with Crippen molar-refractivity contribution in [3.63, 3.8) is 0 Å². The third kappa shape index (κ3) is 9.91. The number of aliphatic hydroxyl groups excluding tert-OH is 1. The van der Waals surface area contributed by atoms with Crippen molar-refractivity contribution in [2.45, 2.75) is 70.7 Å².